The molecule has 4 heterocycles. The Kier molecular flexibility index (Phi) is 13.4. The van der Waals surface area contributed by atoms with Gasteiger partial charge in [-0.2, -0.15) is 0 Å². The van der Waals surface area contributed by atoms with Crippen LogP contribution in [0.25, 0.3) is 21.9 Å². The van der Waals surface area contributed by atoms with E-state index in [2.05, 4.69) is 15.6 Å². The number of rotatable bonds is 19. The summed E-state index contributed by atoms with van der Waals surface area (Å²) >= 11 is 0. The Balaban J connectivity index is 0.919. The number of amides is 4. The Labute approximate surface area is 337 Å². The zero-order valence-corrected chi connectivity index (χ0v) is 33.9. The van der Waals surface area contributed by atoms with Crippen LogP contribution in [0.3, 0.4) is 0 Å². The maximum absolute atomic E-state index is 13.3. The molecule has 0 aliphatic carbocycles. The first kappa shape index (κ1) is 41.7. The van der Waals surface area contributed by atoms with Crippen molar-refractivity contribution >= 4 is 45.9 Å². The summed E-state index contributed by atoms with van der Waals surface area (Å²) in [5.74, 6) is -0.638. The number of Topliss-reactive ketones (excluding diaryl/α,β-unsaturated/α-hetero) is 1. The average Bonchev–Trinajstić information content (AvgIpc) is 3.47. The van der Waals surface area contributed by atoms with Crippen LogP contribution in [0.15, 0.2) is 59.8 Å². The number of pyridine rings is 2. The molecule has 0 saturated carbocycles. The van der Waals surface area contributed by atoms with Gasteiger partial charge in [0, 0.05) is 62.3 Å². The fourth-order valence-corrected chi connectivity index (χ4v) is 7.98. The number of imide groups is 2. The predicted molar refractivity (Wildman–Crippen MR) is 220 cm³/mol. The topological polar surface area (TPSA) is 169 Å². The monoisotopic (exact) mass is 792 g/mol. The smallest absolute Gasteiger partial charge is 0.264 e. The molecule has 6 rings (SSSR count). The quantitative estimate of drug-likeness (QED) is 0.0868. The summed E-state index contributed by atoms with van der Waals surface area (Å²) < 4.78 is 13.3. The molecule has 2 N–H and O–H groups in total. The molecule has 2 aliphatic heterocycles. The number of ether oxygens (including phenoxy) is 2. The molecule has 0 spiro atoms. The summed E-state index contributed by atoms with van der Waals surface area (Å²) in [6, 6.07) is 9.62. The Hall–Kier alpha value is -5.89. The minimum absolute atomic E-state index is 0.0772. The average molecular weight is 793 g/mol. The summed E-state index contributed by atoms with van der Waals surface area (Å²) in [7, 11) is 6.87. The normalized spacial score (nSPS) is 15.8. The summed E-state index contributed by atoms with van der Waals surface area (Å²) in [5, 5.41) is 6.84. The van der Waals surface area contributed by atoms with Crippen LogP contribution in [0.5, 0.6) is 11.5 Å². The SMILES string of the molecule is COc1cc(-c2cn(C)c(=O)c3cnccc23)cc(OC)c1C(C)N(C)CC(=O)CCCCCCCCCNc1cccc2c1C(=O)N(C1CCC(=O)NC1=O)C2=O. The van der Waals surface area contributed by atoms with E-state index >= 15 is 0 Å². The van der Waals surface area contributed by atoms with Gasteiger partial charge in [0.05, 0.1) is 42.8 Å². The summed E-state index contributed by atoms with van der Waals surface area (Å²) in [4.78, 5) is 83.3. The fourth-order valence-electron chi connectivity index (χ4n) is 7.98. The molecule has 1 saturated heterocycles. The standard InChI is InChI=1S/C44H52N6O8/c1-27(39-36(57-4)22-28(23-37(39)58-5)33-26-49(3)42(54)32-24-45-21-19-30(32)33)48(2)25-29(51)14-11-9-7-6-8-10-12-20-46-34-16-13-15-31-40(34)44(56)50(43(31)55)35-17-18-38(52)47-41(35)53/h13,15-16,19,21-24,26-27,35,46H,6-12,14,17-18,20,25H2,1-5H3,(H,47,52,53). The molecule has 2 aromatic carbocycles. The number of hydrogen-bond donors (Lipinski definition) is 2. The van der Waals surface area contributed by atoms with Gasteiger partial charge < -0.3 is 19.4 Å². The molecule has 14 nitrogen and oxygen atoms in total. The molecular formula is C44H52N6O8. The van der Waals surface area contributed by atoms with Gasteiger partial charge in [0.15, 0.2) is 0 Å². The number of anilines is 1. The van der Waals surface area contributed by atoms with E-state index < -0.39 is 29.7 Å². The lowest BCUT2D eigenvalue weighted by atomic mass is 9.96. The van der Waals surface area contributed by atoms with Crippen LogP contribution < -0.4 is 25.7 Å². The van der Waals surface area contributed by atoms with Gasteiger partial charge in [-0.1, -0.05) is 38.2 Å². The Morgan fingerprint density at radius 3 is 2.31 bits per heavy atom. The highest BCUT2D eigenvalue weighted by Crippen LogP contribution is 2.41. The van der Waals surface area contributed by atoms with Gasteiger partial charge in [0.1, 0.15) is 23.3 Å². The van der Waals surface area contributed by atoms with Crippen molar-refractivity contribution in [2.75, 3.05) is 39.7 Å². The highest BCUT2D eigenvalue weighted by molar-refractivity contribution is 6.25. The number of methoxy groups -OCH3 is 2. The molecule has 0 radical (unpaired) electrons. The van der Waals surface area contributed by atoms with E-state index in [4.69, 9.17) is 9.47 Å². The number of nitrogens with zero attached hydrogens (tertiary/aromatic N) is 4. The molecule has 2 atom stereocenters. The van der Waals surface area contributed by atoms with E-state index in [1.54, 1.807) is 62.6 Å². The van der Waals surface area contributed by atoms with Crippen LogP contribution in [0.1, 0.15) is 103 Å². The lowest BCUT2D eigenvalue weighted by Crippen LogP contribution is -2.54. The van der Waals surface area contributed by atoms with Gasteiger partial charge in [-0.25, -0.2) is 0 Å². The van der Waals surface area contributed by atoms with Crippen molar-refractivity contribution in [2.24, 2.45) is 7.05 Å². The molecule has 306 valence electrons. The number of nitrogens with one attached hydrogen (secondary N) is 2. The highest BCUT2D eigenvalue weighted by Gasteiger charge is 2.45. The van der Waals surface area contributed by atoms with Crippen molar-refractivity contribution in [3.8, 4) is 22.6 Å². The number of fused-ring (bicyclic) bond motifs is 2. The number of carbonyl (C=O) groups excluding carboxylic acids is 5. The lowest BCUT2D eigenvalue weighted by molar-refractivity contribution is -0.136. The first-order chi connectivity index (χ1) is 27.9. The van der Waals surface area contributed by atoms with Gasteiger partial charge in [-0.05, 0) is 74.5 Å². The van der Waals surface area contributed by atoms with Crippen molar-refractivity contribution in [3.63, 3.8) is 0 Å². The maximum atomic E-state index is 13.3. The molecule has 2 unspecified atom stereocenters. The van der Waals surface area contributed by atoms with Crippen LogP contribution in [-0.4, -0.2) is 89.2 Å². The third-order valence-electron chi connectivity index (χ3n) is 11.3. The van der Waals surface area contributed by atoms with Crippen molar-refractivity contribution in [2.45, 2.75) is 83.2 Å². The minimum Gasteiger partial charge on any atom is -0.496 e. The number of ketones is 1. The Morgan fingerprint density at radius 1 is 0.931 bits per heavy atom. The number of benzene rings is 2. The number of likely N-dealkylation sites (N-methyl/N-ethyl adjacent to an activating group) is 1. The molecule has 0 bridgehead atoms. The van der Waals surface area contributed by atoms with Crippen LogP contribution in [0, 0.1) is 0 Å². The van der Waals surface area contributed by atoms with Crippen LogP contribution in [0.2, 0.25) is 0 Å². The molecule has 4 amide bonds. The molecule has 2 aliphatic rings. The zero-order chi connectivity index (χ0) is 41.5. The van der Waals surface area contributed by atoms with Gasteiger partial charge in [0.2, 0.25) is 11.8 Å². The predicted octanol–water partition coefficient (Wildman–Crippen LogP) is 5.81. The van der Waals surface area contributed by atoms with E-state index in [0.717, 1.165) is 71.9 Å². The second-order valence-electron chi connectivity index (χ2n) is 15.1. The summed E-state index contributed by atoms with van der Waals surface area (Å²) in [6.07, 6.45) is 12.6. The molecule has 14 heteroatoms. The Bertz CT molecular complexity index is 2260. The van der Waals surface area contributed by atoms with E-state index in [0.29, 0.717) is 42.1 Å². The Morgan fingerprint density at radius 2 is 1.62 bits per heavy atom. The van der Waals surface area contributed by atoms with Gasteiger partial charge in [0.25, 0.3) is 17.4 Å². The number of hydrogen-bond acceptors (Lipinski definition) is 11. The minimum atomic E-state index is -0.993. The fraction of sp³-hybridized carbons (Fsp3) is 0.432. The molecule has 4 aromatic rings. The first-order valence-corrected chi connectivity index (χ1v) is 19.9. The van der Waals surface area contributed by atoms with Crippen molar-refractivity contribution < 1.29 is 33.4 Å². The van der Waals surface area contributed by atoms with E-state index in [9.17, 15) is 28.8 Å². The third kappa shape index (κ3) is 8.81. The van der Waals surface area contributed by atoms with Gasteiger partial charge >= 0.3 is 0 Å². The van der Waals surface area contributed by atoms with E-state index in [1.807, 2.05) is 37.1 Å². The van der Waals surface area contributed by atoms with Gasteiger partial charge in [-0.3, -0.25) is 48.9 Å². The van der Waals surface area contributed by atoms with Crippen LogP contribution >= 0.6 is 0 Å². The highest BCUT2D eigenvalue weighted by atomic mass is 16.5. The van der Waals surface area contributed by atoms with E-state index in [1.165, 1.54) is 0 Å². The number of aryl methyl sites for hydroxylation is 1. The number of unbranched alkanes of at least 4 members (excludes halogenated alkanes) is 6. The summed E-state index contributed by atoms with van der Waals surface area (Å²) in [5.41, 5.74) is 3.49. The van der Waals surface area contributed by atoms with Crippen molar-refractivity contribution in [3.05, 3.63) is 82.0 Å². The van der Waals surface area contributed by atoms with Crippen molar-refractivity contribution in [1.29, 1.82) is 0 Å². The second-order valence-corrected chi connectivity index (χ2v) is 15.1. The summed E-state index contributed by atoms with van der Waals surface area (Å²) in [6.45, 7) is 2.95. The molecular weight excluding hydrogens is 741 g/mol. The van der Waals surface area contributed by atoms with E-state index in [-0.39, 0.29) is 41.4 Å². The van der Waals surface area contributed by atoms with Crippen LogP contribution in [-0.2, 0) is 21.4 Å². The molecule has 1 fully saturated rings. The van der Waals surface area contributed by atoms with Crippen molar-refractivity contribution in [1.82, 2.24) is 24.7 Å². The molecule has 2 aromatic heterocycles. The zero-order valence-electron chi connectivity index (χ0n) is 33.9. The largest absolute Gasteiger partial charge is 0.496 e. The van der Waals surface area contributed by atoms with Crippen LogP contribution in [0.4, 0.5) is 5.69 Å². The number of carbonyl (C=O) groups is 5. The first-order valence-electron chi connectivity index (χ1n) is 19.9. The maximum Gasteiger partial charge on any atom is 0.264 e. The number of aromatic nitrogens is 2. The third-order valence-corrected chi connectivity index (χ3v) is 11.3. The van der Waals surface area contributed by atoms with Gasteiger partial charge in [-0.15, -0.1) is 0 Å². The number of piperidine rings is 1. The molecule has 58 heavy (non-hydrogen) atoms. The second kappa shape index (κ2) is 18.6. The lowest BCUT2D eigenvalue weighted by Gasteiger charge is -2.28.